The van der Waals surface area contributed by atoms with E-state index in [1.807, 2.05) is 6.07 Å². The quantitative estimate of drug-likeness (QED) is 0.723. The minimum absolute atomic E-state index is 0.294. The van der Waals surface area contributed by atoms with Crippen LogP contribution in [0, 0.1) is 0 Å². The number of aromatic nitrogens is 2. The lowest BCUT2D eigenvalue weighted by atomic mass is 10.1. The zero-order chi connectivity index (χ0) is 15.7. The van der Waals surface area contributed by atoms with Gasteiger partial charge in [0.05, 0.1) is 12.7 Å². The van der Waals surface area contributed by atoms with Gasteiger partial charge in [-0.25, -0.2) is 14.6 Å². The number of hydrogen-bond acceptors (Lipinski definition) is 4. The van der Waals surface area contributed by atoms with Crippen molar-refractivity contribution in [2.75, 3.05) is 7.11 Å². The predicted molar refractivity (Wildman–Crippen MR) is 79.1 cm³/mol. The van der Waals surface area contributed by atoms with Gasteiger partial charge in [-0.15, -0.1) is 4.57 Å². The fourth-order valence-electron chi connectivity index (χ4n) is 2.29. The molecule has 0 bridgehead atoms. The number of aromatic amines is 1. The first-order chi connectivity index (χ1) is 10.6. The van der Waals surface area contributed by atoms with Crippen molar-refractivity contribution in [2.24, 2.45) is 0 Å². The molecule has 0 aliphatic heterocycles. The van der Waals surface area contributed by atoms with E-state index >= 15 is 0 Å². The number of nitrogens with zero attached hydrogens (tertiary/aromatic N) is 1. The second kappa shape index (κ2) is 5.33. The van der Waals surface area contributed by atoms with Gasteiger partial charge in [0.1, 0.15) is 16.6 Å². The van der Waals surface area contributed by atoms with E-state index in [0.717, 1.165) is 0 Å². The van der Waals surface area contributed by atoms with Gasteiger partial charge in [-0.2, -0.15) is 0 Å². The Bertz CT molecular complexity index is 917. The van der Waals surface area contributed by atoms with Crippen molar-refractivity contribution >= 4 is 16.9 Å². The van der Waals surface area contributed by atoms with E-state index in [2.05, 4.69) is 9.72 Å². The summed E-state index contributed by atoms with van der Waals surface area (Å²) >= 11 is 0. The molecule has 1 heterocycles. The van der Waals surface area contributed by atoms with Crippen LogP contribution >= 0.6 is 0 Å². The van der Waals surface area contributed by atoms with Crippen LogP contribution in [0.4, 0.5) is 0 Å². The van der Waals surface area contributed by atoms with Crippen LogP contribution in [0.1, 0.15) is 10.4 Å². The third-order valence-electron chi connectivity index (χ3n) is 3.35. The number of carbonyl (C=O) groups excluding carboxylic acids is 1. The third-order valence-corrected chi connectivity index (χ3v) is 3.35. The van der Waals surface area contributed by atoms with E-state index in [1.165, 1.54) is 29.9 Å². The van der Waals surface area contributed by atoms with Crippen molar-refractivity contribution in [3.05, 3.63) is 64.4 Å². The van der Waals surface area contributed by atoms with Gasteiger partial charge in [0.2, 0.25) is 0 Å². The first-order valence-electron chi connectivity index (χ1n) is 6.56. The molecule has 3 rings (SSSR count). The molecule has 2 aromatic carbocycles. The Hall–Kier alpha value is -3.15. The highest BCUT2D eigenvalue weighted by molar-refractivity contribution is 5.93. The van der Waals surface area contributed by atoms with Gasteiger partial charge >= 0.3 is 17.5 Å². The van der Waals surface area contributed by atoms with Crippen LogP contribution in [-0.2, 0) is 4.74 Å². The maximum atomic E-state index is 12.6. The molecular formula is C16H13N2O4+. The Morgan fingerprint density at radius 1 is 1.18 bits per heavy atom. The molecule has 2 N–H and O–H groups in total. The molecule has 0 aliphatic rings. The number of benzene rings is 2. The molecule has 0 atom stereocenters. The highest BCUT2D eigenvalue weighted by atomic mass is 16.5. The first-order valence-corrected chi connectivity index (χ1v) is 6.56. The molecule has 0 spiro atoms. The van der Waals surface area contributed by atoms with Gasteiger partial charge in [0, 0.05) is 6.07 Å². The molecule has 0 saturated carbocycles. The number of carbonyl (C=O) groups is 1. The van der Waals surface area contributed by atoms with Gasteiger partial charge in [0.15, 0.2) is 0 Å². The van der Waals surface area contributed by atoms with Crippen molar-refractivity contribution in [3.63, 3.8) is 0 Å². The molecular weight excluding hydrogens is 284 g/mol. The number of aromatic hydroxyl groups is 1. The Morgan fingerprint density at radius 3 is 2.59 bits per heavy atom. The lowest BCUT2D eigenvalue weighted by Gasteiger charge is -2.03. The summed E-state index contributed by atoms with van der Waals surface area (Å²) in [4.78, 5) is 26.8. The average Bonchev–Trinajstić information content (AvgIpc) is 2.54. The van der Waals surface area contributed by atoms with Crippen molar-refractivity contribution in [1.29, 1.82) is 0 Å². The normalized spacial score (nSPS) is 10.6. The van der Waals surface area contributed by atoms with Gasteiger partial charge in [-0.1, -0.05) is 18.2 Å². The Labute approximate surface area is 125 Å². The number of hydrogen-bond donors (Lipinski definition) is 1. The molecule has 0 radical (unpaired) electrons. The summed E-state index contributed by atoms with van der Waals surface area (Å²) in [6.45, 7) is 0. The maximum Gasteiger partial charge on any atom is 0.460 e. The number of para-hydroxylation sites is 1. The molecule has 110 valence electrons. The minimum atomic E-state index is -0.512. The molecule has 3 aromatic rings. The number of ether oxygens (including phenoxy) is 1. The molecule has 0 unspecified atom stereocenters. The van der Waals surface area contributed by atoms with E-state index in [9.17, 15) is 14.7 Å². The molecule has 0 fully saturated rings. The maximum absolute atomic E-state index is 12.6. The van der Waals surface area contributed by atoms with Crippen LogP contribution in [0.5, 0.6) is 6.01 Å². The van der Waals surface area contributed by atoms with E-state index in [1.54, 1.807) is 24.3 Å². The molecule has 6 heteroatoms. The smallest absolute Gasteiger partial charge is 0.460 e. The van der Waals surface area contributed by atoms with Crippen LogP contribution in [-0.4, -0.2) is 22.8 Å². The van der Waals surface area contributed by atoms with Gasteiger partial charge in [-0.3, -0.25) is 0 Å². The number of methoxy groups -OCH3 is 1. The van der Waals surface area contributed by atoms with Gasteiger partial charge in [-0.05, 0) is 24.3 Å². The highest BCUT2D eigenvalue weighted by Crippen LogP contribution is 2.15. The number of fused-ring (bicyclic) bond motifs is 1. The lowest BCUT2D eigenvalue weighted by molar-refractivity contribution is -0.370. The summed E-state index contributed by atoms with van der Waals surface area (Å²) in [5.41, 5.74) is 0.814. The molecule has 22 heavy (non-hydrogen) atoms. The molecule has 0 saturated heterocycles. The highest BCUT2D eigenvalue weighted by Gasteiger charge is 2.20. The largest absolute Gasteiger partial charge is 0.465 e. The number of esters is 1. The zero-order valence-corrected chi connectivity index (χ0v) is 11.7. The summed E-state index contributed by atoms with van der Waals surface area (Å²) in [6.07, 6.45) is 0. The monoisotopic (exact) mass is 297 g/mol. The van der Waals surface area contributed by atoms with E-state index in [4.69, 9.17) is 0 Å². The zero-order valence-electron chi connectivity index (χ0n) is 11.7. The standard InChI is InChI=1S/C16H12N2O4/c1-22-15(20)10-7-8-12-13(9-10)17-16(21)18(14(12)19)11-5-3-2-4-6-11/h2-9H,1H3,(H,17,21)/p+1. The summed E-state index contributed by atoms with van der Waals surface area (Å²) in [5.74, 6) is -0.512. The Kier molecular flexibility index (Phi) is 3.34. The van der Waals surface area contributed by atoms with Crippen LogP contribution < -0.4 is 10.5 Å². The first kappa shape index (κ1) is 13.8. The van der Waals surface area contributed by atoms with Crippen LogP contribution in [0.2, 0.25) is 0 Å². The van der Waals surface area contributed by atoms with Crippen LogP contribution in [0.3, 0.4) is 0 Å². The van der Waals surface area contributed by atoms with E-state index < -0.39 is 5.97 Å². The summed E-state index contributed by atoms with van der Waals surface area (Å²) in [6, 6.07) is 13.0. The Morgan fingerprint density at radius 2 is 1.91 bits per heavy atom. The van der Waals surface area contributed by atoms with Crippen LogP contribution in [0.15, 0.2) is 53.3 Å². The van der Waals surface area contributed by atoms with E-state index in [0.29, 0.717) is 22.2 Å². The SMILES string of the molecule is COC(=O)c1ccc2c(=O)n(-c3ccccc3)c(O)[nH+]c2c1. The molecule has 0 amide bonds. The Balaban J connectivity index is 2.27. The van der Waals surface area contributed by atoms with Crippen LogP contribution in [0.25, 0.3) is 16.6 Å². The molecule has 6 nitrogen and oxygen atoms in total. The second-order valence-electron chi connectivity index (χ2n) is 4.68. The third kappa shape index (κ3) is 2.20. The second-order valence-corrected chi connectivity index (χ2v) is 4.68. The number of nitrogens with one attached hydrogen (secondary N) is 1. The predicted octanol–water partition coefficient (Wildman–Crippen LogP) is 1.30. The van der Waals surface area contributed by atoms with Crippen molar-refractivity contribution in [1.82, 2.24) is 4.57 Å². The number of rotatable bonds is 2. The summed E-state index contributed by atoms with van der Waals surface area (Å²) in [5, 5.41) is 10.5. The molecule has 0 aliphatic carbocycles. The number of H-pyrrole nitrogens is 1. The fraction of sp³-hybridized carbons (Fsp3) is 0.0625. The van der Waals surface area contributed by atoms with Gasteiger partial charge < -0.3 is 9.84 Å². The van der Waals surface area contributed by atoms with Crippen molar-refractivity contribution < 1.29 is 19.6 Å². The van der Waals surface area contributed by atoms with E-state index in [-0.39, 0.29) is 11.6 Å². The lowest BCUT2D eigenvalue weighted by Crippen LogP contribution is -2.26. The minimum Gasteiger partial charge on any atom is -0.465 e. The van der Waals surface area contributed by atoms with Crippen molar-refractivity contribution in [3.8, 4) is 11.7 Å². The summed E-state index contributed by atoms with van der Waals surface area (Å²) < 4.78 is 5.81. The topological polar surface area (TPSA) is 82.7 Å². The summed E-state index contributed by atoms with van der Waals surface area (Å²) in [7, 11) is 1.28. The molecule has 1 aromatic heterocycles. The van der Waals surface area contributed by atoms with Gasteiger partial charge in [0.25, 0.3) is 0 Å². The van der Waals surface area contributed by atoms with Crippen molar-refractivity contribution in [2.45, 2.75) is 0 Å². The fourth-order valence-corrected chi connectivity index (χ4v) is 2.29. The average molecular weight is 297 g/mol.